The molecule has 2 amide bonds. The summed E-state index contributed by atoms with van der Waals surface area (Å²) in [5.41, 5.74) is 1.01. The Morgan fingerprint density at radius 1 is 1.09 bits per heavy atom. The first kappa shape index (κ1) is 27.9. The Labute approximate surface area is 209 Å². The summed E-state index contributed by atoms with van der Waals surface area (Å²) in [7, 11) is -2.15. The van der Waals surface area contributed by atoms with Crippen LogP contribution >= 0.6 is 23.2 Å². The largest absolute Gasteiger partial charge is 0.357 e. The Kier molecular flexibility index (Phi) is 10.1. The lowest BCUT2D eigenvalue weighted by Crippen LogP contribution is -2.48. The fourth-order valence-corrected chi connectivity index (χ4v) is 4.82. The average molecular weight is 532 g/mol. The van der Waals surface area contributed by atoms with Gasteiger partial charge in [0.05, 0.1) is 22.0 Å². The van der Waals surface area contributed by atoms with Gasteiger partial charge in [-0.1, -0.05) is 36.2 Å². The number of carbonyl (C=O) groups is 2. The third kappa shape index (κ3) is 7.58. The van der Waals surface area contributed by atoms with Gasteiger partial charge in [0.15, 0.2) is 0 Å². The summed E-state index contributed by atoms with van der Waals surface area (Å²) in [4.78, 5) is 27.1. The molecule has 0 bridgehead atoms. The SMILES string of the molecule is CCC(C(=O)NC)N(Cc1ccc(Cl)c(Cl)c1)C(=O)CCCN(c1ccc(F)cc1)S(C)(=O)=O. The molecule has 186 valence electrons. The second-order valence-corrected chi connectivity index (χ2v) is 10.4. The maximum Gasteiger partial charge on any atom is 0.242 e. The minimum Gasteiger partial charge on any atom is -0.357 e. The monoisotopic (exact) mass is 531 g/mol. The number of hydrogen-bond acceptors (Lipinski definition) is 4. The van der Waals surface area contributed by atoms with Crippen LogP contribution in [0.5, 0.6) is 0 Å². The van der Waals surface area contributed by atoms with Gasteiger partial charge in [-0.25, -0.2) is 12.8 Å². The van der Waals surface area contributed by atoms with Crippen LogP contribution in [-0.2, 0) is 26.2 Å². The molecule has 0 saturated carbocycles. The number of anilines is 1. The quantitative estimate of drug-likeness (QED) is 0.469. The second-order valence-electron chi connectivity index (χ2n) is 7.72. The van der Waals surface area contributed by atoms with E-state index in [2.05, 4.69) is 5.32 Å². The minimum absolute atomic E-state index is 0.00201. The number of nitrogens with zero attached hydrogens (tertiary/aromatic N) is 2. The molecule has 0 aliphatic rings. The summed E-state index contributed by atoms with van der Waals surface area (Å²) in [6, 6.07) is 9.36. The molecular weight excluding hydrogens is 504 g/mol. The van der Waals surface area contributed by atoms with Crippen molar-refractivity contribution in [3.8, 4) is 0 Å². The summed E-state index contributed by atoms with van der Waals surface area (Å²) in [5.74, 6) is -1.10. The lowest BCUT2D eigenvalue weighted by molar-refractivity contribution is -0.141. The van der Waals surface area contributed by atoms with Crippen molar-refractivity contribution in [3.63, 3.8) is 0 Å². The highest BCUT2D eigenvalue weighted by molar-refractivity contribution is 7.92. The van der Waals surface area contributed by atoms with Gasteiger partial charge >= 0.3 is 0 Å². The molecule has 1 unspecified atom stereocenters. The predicted octanol–water partition coefficient (Wildman–Crippen LogP) is 4.23. The number of carbonyl (C=O) groups excluding carboxylic acids is 2. The molecule has 0 saturated heterocycles. The topological polar surface area (TPSA) is 86.8 Å². The van der Waals surface area contributed by atoms with Crippen LogP contribution in [0, 0.1) is 5.82 Å². The van der Waals surface area contributed by atoms with Crippen LogP contribution in [0.4, 0.5) is 10.1 Å². The van der Waals surface area contributed by atoms with E-state index in [-0.39, 0.29) is 37.7 Å². The number of hydrogen-bond donors (Lipinski definition) is 1. The van der Waals surface area contributed by atoms with E-state index in [9.17, 15) is 22.4 Å². The molecule has 0 heterocycles. The van der Waals surface area contributed by atoms with E-state index in [0.717, 1.165) is 10.6 Å². The highest BCUT2D eigenvalue weighted by Crippen LogP contribution is 2.25. The number of benzene rings is 2. The first-order valence-electron chi connectivity index (χ1n) is 10.7. The molecular formula is C23H28Cl2FN3O4S. The zero-order valence-electron chi connectivity index (χ0n) is 19.2. The van der Waals surface area contributed by atoms with Gasteiger partial charge in [-0.2, -0.15) is 0 Å². The van der Waals surface area contributed by atoms with Crippen LogP contribution in [0.3, 0.4) is 0 Å². The number of amides is 2. The Morgan fingerprint density at radius 3 is 2.26 bits per heavy atom. The van der Waals surface area contributed by atoms with Crippen LogP contribution in [0.15, 0.2) is 42.5 Å². The van der Waals surface area contributed by atoms with Crippen molar-refractivity contribution in [1.29, 1.82) is 0 Å². The van der Waals surface area contributed by atoms with Crippen molar-refractivity contribution in [2.45, 2.75) is 38.8 Å². The fraction of sp³-hybridized carbons (Fsp3) is 0.391. The maximum absolute atomic E-state index is 13.3. The maximum atomic E-state index is 13.3. The van der Waals surface area contributed by atoms with Gasteiger partial charge in [0, 0.05) is 26.6 Å². The molecule has 1 N–H and O–H groups in total. The van der Waals surface area contributed by atoms with Crippen LogP contribution < -0.4 is 9.62 Å². The molecule has 0 fully saturated rings. The van der Waals surface area contributed by atoms with Crippen molar-refractivity contribution in [2.75, 3.05) is 24.2 Å². The lowest BCUT2D eigenvalue weighted by Gasteiger charge is -2.31. The van der Waals surface area contributed by atoms with E-state index in [1.54, 1.807) is 25.1 Å². The number of likely N-dealkylation sites (N-methyl/N-ethyl adjacent to an activating group) is 1. The van der Waals surface area contributed by atoms with E-state index < -0.39 is 21.9 Å². The van der Waals surface area contributed by atoms with Crippen LogP contribution in [-0.4, -0.2) is 51.0 Å². The molecule has 0 aliphatic carbocycles. The molecule has 7 nitrogen and oxygen atoms in total. The molecule has 34 heavy (non-hydrogen) atoms. The molecule has 2 aromatic rings. The highest BCUT2D eigenvalue weighted by Gasteiger charge is 2.28. The van der Waals surface area contributed by atoms with E-state index in [1.807, 2.05) is 0 Å². The van der Waals surface area contributed by atoms with E-state index >= 15 is 0 Å². The van der Waals surface area contributed by atoms with Crippen LogP contribution in [0.2, 0.25) is 10.0 Å². The number of rotatable bonds is 11. The summed E-state index contributed by atoms with van der Waals surface area (Å²) in [6.07, 6.45) is 1.64. The van der Waals surface area contributed by atoms with Crippen molar-refractivity contribution >= 4 is 50.7 Å². The molecule has 0 aromatic heterocycles. The Hall–Kier alpha value is -2.36. The van der Waals surface area contributed by atoms with Gasteiger partial charge < -0.3 is 10.2 Å². The standard InChI is InChI=1S/C23H28Cl2FN3O4S/c1-4-21(23(31)27-2)28(15-16-7-12-19(24)20(25)14-16)22(30)6-5-13-29(34(3,32)33)18-10-8-17(26)9-11-18/h7-12,14,21H,4-6,13,15H2,1-3H3,(H,27,31). The Morgan fingerprint density at radius 2 is 1.74 bits per heavy atom. The average Bonchev–Trinajstić information content (AvgIpc) is 2.78. The van der Waals surface area contributed by atoms with E-state index in [4.69, 9.17) is 23.2 Å². The number of sulfonamides is 1. The van der Waals surface area contributed by atoms with Gasteiger partial charge in [-0.05, 0) is 54.8 Å². The van der Waals surface area contributed by atoms with Gasteiger partial charge in [0.25, 0.3) is 0 Å². The van der Waals surface area contributed by atoms with Gasteiger partial charge in [0.1, 0.15) is 11.9 Å². The molecule has 2 rings (SSSR count). The van der Waals surface area contributed by atoms with Crippen molar-refractivity contribution < 1.29 is 22.4 Å². The Bertz CT molecular complexity index is 1110. The van der Waals surface area contributed by atoms with Crippen LogP contribution in [0.25, 0.3) is 0 Å². The molecule has 1 atom stereocenters. The third-order valence-corrected chi connectivity index (χ3v) is 7.17. The summed E-state index contributed by atoms with van der Waals surface area (Å²) < 4.78 is 38.9. The van der Waals surface area contributed by atoms with Crippen molar-refractivity contribution in [3.05, 3.63) is 63.9 Å². The molecule has 2 aromatic carbocycles. The summed E-state index contributed by atoms with van der Waals surface area (Å²) in [5, 5.41) is 3.29. The van der Waals surface area contributed by atoms with Crippen molar-refractivity contribution in [2.24, 2.45) is 0 Å². The van der Waals surface area contributed by atoms with Crippen LogP contribution in [0.1, 0.15) is 31.7 Å². The zero-order valence-corrected chi connectivity index (χ0v) is 21.6. The zero-order chi connectivity index (χ0) is 25.5. The highest BCUT2D eigenvalue weighted by atomic mass is 35.5. The lowest BCUT2D eigenvalue weighted by atomic mass is 10.1. The minimum atomic E-state index is -3.65. The smallest absolute Gasteiger partial charge is 0.242 e. The third-order valence-electron chi connectivity index (χ3n) is 5.24. The van der Waals surface area contributed by atoms with Crippen molar-refractivity contribution in [1.82, 2.24) is 10.2 Å². The first-order valence-corrected chi connectivity index (χ1v) is 13.3. The first-order chi connectivity index (χ1) is 16.0. The predicted molar refractivity (Wildman–Crippen MR) is 133 cm³/mol. The van der Waals surface area contributed by atoms with Gasteiger partial charge in [0.2, 0.25) is 21.8 Å². The fourth-order valence-electron chi connectivity index (χ4n) is 3.53. The molecule has 0 spiro atoms. The molecule has 0 aliphatic heterocycles. The molecule has 0 radical (unpaired) electrons. The Balaban J connectivity index is 2.20. The second kappa shape index (κ2) is 12.4. The number of halogens is 3. The summed E-state index contributed by atoms with van der Waals surface area (Å²) in [6.45, 7) is 1.96. The summed E-state index contributed by atoms with van der Waals surface area (Å²) >= 11 is 12.1. The van der Waals surface area contributed by atoms with E-state index in [1.165, 1.54) is 36.2 Å². The van der Waals surface area contributed by atoms with Gasteiger partial charge in [-0.15, -0.1) is 0 Å². The molecule has 11 heteroatoms. The number of nitrogens with one attached hydrogen (secondary N) is 1. The normalized spacial score (nSPS) is 12.2. The van der Waals surface area contributed by atoms with Gasteiger partial charge in [-0.3, -0.25) is 13.9 Å². The van der Waals surface area contributed by atoms with E-state index in [0.29, 0.717) is 27.7 Å².